The normalized spacial score (nSPS) is 10.8. The number of nitrogens with zero attached hydrogens (tertiary/aromatic N) is 2. The van der Waals surface area contributed by atoms with Crippen LogP contribution in [0.2, 0.25) is 0 Å². The van der Waals surface area contributed by atoms with Crippen molar-refractivity contribution in [3.05, 3.63) is 83.3 Å². The summed E-state index contributed by atoms with van der Waals surface area (Å²) in [6, 6.07) is 20.9. The number of hydrogen-bond donors (Lipinski definition) is 0. The summed E-state index contributed by atoms with van der Waals surface area (Å²) in [6.45, 7) is 0. The molecule has 0 aliphatic carbocycles. The molecule has 0 fully saturated rings. The quantitative estimate of drug-likeness (QED) is 0.563. The molecule has 2 aromatic heterocycles. The molecule has 0 aliphatic rings. The molecule has 4 aromatic rings. The Morgan fingerprint density at radius 2 is 1.48 bits per heavy atom. The van der Waals surface area contributed by atoms with Crippen molar-refractivity contribution in [2.24, 2.45) is 0 Å². The Morgan fingerprint density at radius 1 is 0.826 bits per heavy atom. The average molecular weight is 300 g/mol. The van der Waals surface area contributed by atoms with Crippen molar-refractivity contribution >= 4 is 10.9 Å². The lowest BCUT2D eigenvalue weighted by molar-refractivity contribution is 0.534. The topological polar surface area (TPSA) is 56.0 Å². The van der Waals surface area contributed by atoms with Crippen molar-refractivity contribution in [2.45, 2.75) is 0 Å². The van der Waals surface area contributed by atoms with Gasteiger partial charge in [-0.05, 0) is 0 Å². The first-order chi connectivity index (χ1) is 11.3. The van der Waals surface area contributed by atoms with Gasteiger partial charge >= 0.3 is 5.63 Å². The fourth-order valence-electron chi connectivity index (χ4n) is 2.44. The van der Waals surface area contributed by atoms with Crippen molar-refractivity contribution in [1.29, 1.82) is 0 Å². The average Bonchev–Trinajstić information content (AvgIpc) is 2.63. The van der Waals surface area contributed by atoms with Crippen LogP contribution in [0.1, 0.15) is 0 Å². The van der Waals surface area contributed by atoms with Crippen LogP contribution in [0.3, 0.4) is 0 Å². The monoisotopic (exact) mass is 300 g/mol. The van der Waals surface area contributed by atoms with E-state index in [1.165, 1.54) is 6.20 Å². The van der Waals surface area contributed by atoms with Gasteiger partial charge in [0.15, 0.2) is 5.82 Å². The molecule has 0 atom stereocenters. The zero-order valence-corrected chi connectivity index (χ0v) is 12.1. The third kappa shape index (κ3) is 2.51. The molecule has 0 radical (unpaired) electrons. The highest BCUT2D eigenvalue weighted by molar-refractivity contribution is 5.81. The van der Waals surface area contributed by atoms with Gasteiger partial charge in [-0.15, -0.1) is 0 Å². The number of benzene rings is 2. The van der Waals surface area contributed by atoms with Crippen LogP contribution >= 0.6 is 0 Å². The largest absolute Gasteiger partial charge is 0.422 e. The van der Waals surface area contributed by atoms with Gasteiger partial charge in [-0.1, -0.05) is 60.7 Å². The molecule has 0 unspecified atom stereocenters. The molecule has 4 heteroatoms. The lowest BCUT2D eigenvalue weighted by Crippen LogP contribution is -2.03. The molecule has 2 aromatic carbocycles. The fraction of sp³-hybridized carbons (Fsp3) is 0. The van der Waals surface area contributed by atoms with Crippen molar-refractivity contribution in [3.63, 3.8) is 0 Å². The summed E-state index contributed by atoms with van der Waals surface area (Å²) >= 11 is 0. The van der Waals surface area contributed by atoms with Gasteiger partial charge in [-0.3, -0.25) is 0 Å². The second kappa shape index (κ2) is 5.50. The van der Waals surface area contributed by atoms with Gasteiger partial charge < -0.3 is 4.42 Å². The van der Waals surface area contributed by atoms with Crippen LogP contribution in [0.25, 0.3) is 33.6 Å². The molecule has 0 spiro atoms. The Labute approximate surface area is 132 Å². The summed E-state index contributed by atoms with van der Waals surface area (Å²) in [5, 5.41) is 0.379. The number of hydrogen-bond acceptors (Lipinski definition) is 4. The fourth-order valence-corrected chi connectivity index (χ4v) is 2.44. The third-order valence-electron chi connectivity index (χ3n) is 3.60. The summed E-state index contributed by atoms with van der Waals surface area (Å²) in [6.07, 6.45) is 1.52. The number of aromatic nitrogens is 2. The van der Waals surface area contributed by atoms with E-state index in [9.17, 15) is 4.79 Å². The van der Waals surface area contributed by atoms with Crippen molar-refractivity contribution in [1.82, 2.24) is 9.97 Å². The third-order valence-corrected chi connectivity index (χ3v) is 3.60. The molecule has 0 N–H and O–H groups in total. The molecular formula is C19H12N2O2. The van der Waals surface area contributed by atoms with Crippen molar-refractivity contribution in [3.8, 4) is 22.7 Å². The van der Waals surface area contributed by atoms with Crippen LogP contribution in [0.5, 0.6) is 0 Å². The predicted molar refractivity (Wildman–Crippen MR) is 88.9 cm³/mol. The second-order valence-corrected chi connectivity index (χ2v) is 5.12. The van der Waals surface area contributed by atoms with E-state index < -0.39 is 5.63 Å². The molecule has 0 saturated heterocycles. The molecule has 4 rings (SSSR count). The standard InChI is InChI=1S/C19H12N2O2/c22-19-15-12-20-18(14-9-5-2-6-10-14)21-16(15)11-17(23-19)13-7-3-1-4-8-13/h1-12H. The van der Waals surface area contributed by atoms with Gasteiger partial charge in [0.2, 0.25) is 0 Å². The summed E-state index contributed by atoms with van der Waals surface area (Å²) in [5.74, 6) is 1.09. The number of rotatable bonds is 2. The molecule has 0 saturated carbocycles. The lowest BCUT2D eigenvalue weighted by Gasteiger charge is -2.04. The van der Waals surface area contributed by atoms with Crippen molar-refractivity contribution in [2.75, 3.05) is 0 Å². The molecule has 0 aliphatic heterocycles. The summed E-state index contributed by atoms with van der Waals surface area (Å²) in [4.78, 5) is 21.0. The van der Waals surface area contributed by atoms with E-state index in [1.54, 1.807) is 6.07 Å². The Bertz CT molecular complexity index is 1020. The van der Waals surface area contributed by atoms with E-state index in [0.717, 1.165) is 11.1 Å². The maximum Gasteiger partial charge on any atom is 0.347 e. The Balaban J connectivity index is 1.92. The van der Waals surface area contributed by atoms with Gasteiger partial charge in [0.25, 0.3) is 0 Å². The van der Waals surface area contributed by atoms with Crippen LogP contribution in [0.4, 0.5) is 0 Å². The first-order valence-electron chi connectivity index (χ1n) is 7.23. The first-order valence-corrected chi connectivity index (χ1v) is 7.23. The van der Waals surface area contributed by atoms with Crippen molar-refractivity contribution < 1.29 is 4.42 Å². The van der Waals surface area contributed by atoms with Gasteiger partial charge in [-0.2, -0.15) is 0 Å². The van der Waals surface area contributed by atoms with Crippen LogP contribution in [-0.2, 0) is 0 Å². The molecule has 2 heterocycles. The molecule has 0 amide bonds. The highest BCUT2D eigenvalue weighted by atomic mass is 16.4. The van der Waals surface area contributed by atoms with Gasteiger partial charge in [0, 0.05) is 23.4 Å². The summed E-state index contributed by atoms with van der Waals surface area (Å²) in [5.41, 5.74) is 1.89. The smallest absolute Gasteiger partial charge is 0.347 e. The van der Waals surface area contributed by atoms with E-state index in [2.05, 4.69) is 9.97 Å². The van der Waals surface area contributed by atoms with E-state index in [4.69, 9.17) is 4.42 Å². The van der Waals surface area contributed by atoms with Crippen LogP contribution in [-0.4, -0.2) is 9.97 Å². The summed E-state index contributed by atoms with van der Waals surface area (Å²) < 4.78 is 5.39. The van der Waals surface area contributed by atoms with Crippen LogP contribution < -0.4 is 5.63 Å². The van der Waals surface area contributed by atoms with Gasteiger partial charge in [0.05, 0.1) is 5.52 Å². The maximum atomic E-state index is 12.2. The minimum Gasteiger partial charge on any atom is -0.422 e. The van der Waals surface area contributed by atoms with E-state index >= 15 is 0 Å². The second-order valence-electron chi connectivity index (χ2n) is 5.12. The molecule has 23 heavy (non-hydrogen) atoms. The zero-order valence-electron chi connectivity index (χ0n) is 12.1. The highest BCUT2D eigenvalue weighted by Gasteiger charge is 2.10. The predicted octanol–water partition coefficient (Wildman–Crippen LogP) is 3.92. The van der Waals surface area contributed by atoms with Gasteiger partial charge in [0.1, 0.15) is 11.1 Å². The zero-order chi connectivity index (χ0) is 15.6. The summed E-state index contributed by atoms with van der Waals surface area (Å²) in [7, 11) is 0. The molecule has 0 bridgehead atoms. The first kappa shape index (κ1) is 13.4. The number of fused-ring (bicyclic) bond motifs is 1. The minimum absolute atomic E-state index is 0.379. The molecule has 110 valence electrons. The Hall–Kier alpha value is -3.27. The van der Waals surface area contributed by atoms with Gasteiger partial charge in [-0.25, -0.2) is 14.8 Å². The van der Waals surface area contributed by atoms with E-state index in [1.807, 2.05) is 60.7 Å². The Kier molecular flexibility index (Phi) is 3.20. The lowest BCUT2D eigenvalue weighted by atomic mass is 10.1. The van der Waals surface area contributed by atoms with E-state index in [0.29, 0.717) is 22.5 Å². The maximum absolute atomic E-state index is 12.2. The molecule has 4 nitrogen and oxygen atoms in total. The Morgan fingerprint density at radius 3 is 2.17 bits per heavy atom. The van der Waals surface area contributed by atoms with E-state index in [-0.39, 0.29) is 0 Å². The minimum atomic E-state index is -0.430. The highest BCUT2D eigenvalue weighted by Crippen LogP contribution is 2.22. The van der Waals surface area contributed by atoms with Crippen LogP contribution in [0, 0.1) is 0 Å². The SMILES string of the molecule is O=c1oc(-c2ccccc2)cc2nc(-c3ccccc3)ncc12. The molecular weight excluding hydrogens is 288 g/mol. The van der Waals surface area contributed by atoms with Crippen LogP contribution in [0.15, 0.2) is 82.1 Å².